The van der Waals surface area contributed by atoms with Crippen LogP contribution < -0.4 is 15.0 Å². The first kappa shape index (κ1) is 24.5. The Morgan fingerprint density at radius 3 is 2.36 bits per heavy atom. The predicted octanol–water partition coefficient (Wildman–Crippen LogP) is 7.78. The molecule has 0 spiro atoms. The zero-order valence-corrected chi connectivity index (χ0v) is 18.8. The molecule has 0 aliphatic carbocycles. The van der Waals surface area contributed by atoms with Crippen LogP contribution >= 0.6 is 11.6 Å². The highest BCUT2D eigenvalue weighted by Gasteiger charge is 2.34. The third-order valence-corrected chi connectivity index (χ3v) is 5.11. The quantitative estimate of drug-likeness (QED) is 0.337. The molecule has 3 rings (SSSR count). The van der Waals surface area contributed by atoms with Gasteiger partial charge in [-0.1, -0.05) is 55.3 Å². The summed E-state index contributed by atoms with van der Waals surface area (Å²) < 4.78 is 46.1. The van der Waals surface area contributed by atoms with Crippen molar-refractivity contribution >= 4 is 29.0 Å². The van der Waals surface area contributed by atoms with Crippen molar-refractivity contribution in [1.82, 2.24) is 0 Å². The summed E-state index contributed by atoms with van der Waals surface area (Å²) in [4.78, 5) is 14.5. The number of urea groups is 1. The zero-order chi connectivity index (χ0) is 23.8. The van der Waals surface area contributed by atoms with Crippen LogP contribution in [0.15, 0.2) is 72.8 Å². The Labute approximate surface area is 195 Å². The van der Waals surface area contributed by atoms with Gasteiger partial charge in [0.15, 0.2) is 0 Å². The summed E-state index contributed by atoms with van der Waals surface area (Å²) in [5, 5.41) is 2.33. The van der Waals surface area contributed by atoms with Crippen molar-refractivity contribution in [2.45, 2.75) is 32.5 Å². The number of alkyl halides is 3. The van der Waals surface area contributed by atoms with Gasteiger partial charge in [-0.05, 0) is 54.4 Å². The number of amides is 2. The molecule has 0 aliphatic rings. The lowest BCUT2D eigenvalue weighted by Gasteiger charge is -2.25. The van der Waals surface area contributed by atoms with Gasteiger partial charge in [0.25, 0.3) is 0 Å². The number of hydrogen-bond acceptors (Lipinski definition) is 2. The van der Waals surface area contributed by atoms with E-state index in [2.05, 4.69) is 12.2 Å². The van der Waals surface area contributed by atoms with E-state index >= 15 is 0 Å². The highest BCUT2D eigenvalue weighted by atomic mass is 35.5. The number of hydrogen-bond donors (Lipinski definition) is 1. The van der Waals surface area contributed by atoms with Crippen LogP contribution in [-0.4, -0.2) is 12.6 Å². The number of carbonyl (C=O) groups excluding carboxylic acids is 1. The van der Waals surface area contributed by atoms with Crippen LogP contribution in [0.3, 0.4) is 0 Å². The molecule has 1 N–H and O–H groups in total. The van der Waals surface area contributed by atoms with Crippen LogP contribution in [-0.2, 0) is 12.7 Å². The van der Waals surface area contributed by atoms with E-state index in [9.17, 15) is 18.0 Å². The van der Waals surface area contributed by atoms with E-state index in [1.165, 1.54) is 11.0 Å². The highest BCUT2D eigenvalue weighted by molar-refractivity contribution is 6.30. The Hall–Kier alpha value is -3.19. The molecule has 174 valence electrons. The SMILES string of the molecule is CCCCOc1ccc(N(Cc2ccccc2)C(=O)Nc2ccc(Cl)cc2C(F)(F)F)cc1. The van der Waals surface area contributed by atoms with Gasteiger partial charge in [-0.2, -0.15) is 13.2 Å². The standard InChI is InChI=1S/C25H24ClF3N2O2/c1-2-3-15-33-21-12-10-20(11-13-21)31(17-18-7-5-4-6-8-18)24(32)30-23-14-9-19(26)16-22(23)25(27,28)29/h4-14,16H,2-3,15,17H2,1H3,(H,30,32). The second-order valence-corrected chi connectivity index (χ2v) is 7.82. The molecule has 0 fully saturated rings. The molecule has 0 saturated carbocycles. The summed E-state index contributed by atoms with van der Waals surface area (Å²) in [6.45, 7) is 2.82. The summed E-state index contributed by atoms with van der Waals surface area (Å²) in [6.07, 6.45) is -2.74. The van der Waals surface area contributed by atoms with E-state index < -0.39 is 17.8 Å². The van der Waals surface area contributed by atoms with Crippen LogP contribution in [0.5, 0.6) is 5.75 Å². The van der Waals surface area contributed by atoms with Crippen molar-refractivity contribution in [1.29, 1.82) is 0 Å². The Balaban J connectivity index is 1.88. The molecule has 4 nitrogen and oxygen atoms in total. The second-order valence-electron chi connectivity index (χ2n) is 7.39. The molecule has 0 saturated heterocycles. The third kappa shape index (κ3) is 6.89. The number of nitrogens with one attached hydrogen (secondary N) is 1. The first-order valence-corrected chi connectivity index (χ1v) is 10.9. The van der Waals surface area contributed by atoms with Crippen LogP contribution in [0.1, 0.15) is 30.9 Å². The van der Waals surface area contributed by atoms with Crippen LogP contribution in [0.25, 0.3) is 0 Å². The van der Waals surface area contributed by atoms with Crippen molar-refractivity contribution in [2.75, 3.05) is 16.8 Å². The molecule has 0 atom stereocenters. The summed E-state index contributed by atoms with van der Waals surface area (Å²) in [5.41, 5.74) is -0.0399. The molecule has 2 amide bonds. The minimum absolute atomic E-state index is 0.0693. The van der Waals surface area contributed by atoms with Crippen molar-refractivity contribution in [3.05, 3.63) is 88.9 Å². The fourth-order valence-corrected chi connectivity index (χ4v) is 3.32. The number of halogens is 4. The number of unbranched alkanes of at least 4 members (excludes halogenated alkanes) is 1. The molecule has 8 heteroatoms. The molecule has 33 heavy (non-hydrogen) atoms. The molecule has 0 aliphatic heterocycles. The largest absolute Gasteiger partial charge is 0.494 e. The Kier molecular flexibility index (Phi) is 8.22. The van der Waals surface area contributed by atoms with Gasteiger partial charge >= 0.3 is 12.2 Å². The van der Waals surface area contributed by atoms with Gasteiger partial charge < -0.3 is 10.1 Å². The van der Waals surface area contributed by atoms with Crippen LogP contribution in [0.4, 0.5) is 29.3 Å². The molecule has 0 aromatic heterocycles. The topological polar surface area (TPSA) is 41.6 Å². The van der Waals surface area contributed by atoms with Gasteiger partial charge in [0, 0.05) is 10.7 Å². The van der Waals surface area contributed by atoms with Crippen molar-refractivity contribution in [3.8, 4) is 5.75 Å². The van der Waals surface area contributed by atoms with Gasteiger partial charge in [-0.3, -0.25) is 4.90 Å². The lowest BCUT2D eigenvalue weighted by atomic mass is 10.1. The summed E-state index contributed by atoms with van der Waals surface area (Å²) in [7, 11) is 0. The van der Waals surface area contributed by atoms with Gasteiger partial charge in [0.1, 0.15) is 5.75 Å². The number of rotatable bonds is 8. The number of anilines is 2. The minimum atomic E-state index is -4.67. The monoisotopic (exact) mass is 476 g/mol. The molecule has 0 bridgehead atoms. The fraction of sp³-hybridized carbons (Fsp3) is 0.240. The molecule has 3 aromatic rings. The maximum absolute atomic E-state index is 13.5. The second kappa shape index (κ2) is 11.1. The lowest BCUT2D eigenvalue weighted by molar-refractivity contribution is -0.136. The summed E-state index contributed by atoms with van der Waals surface area (Å²) >= 11 is 5.75. The molecule has 3 aromatic carbocycles. The van der Waals surface area contributed by atoms with Gasteiger partial charge in [-0.15, -0.1) is 0 Å². The first-order chi connectivity index (χ1) is 15.8. The van der Waals surface area contributed by atoms with E-state index in [1.807, 2.05) is 30.3 Å². The molecule has 0 heterocycles. The van der Waals surface area contributed by atoms with Crippen LogP contribution in [0, 0.1) is 0 Å². The maximum Gasteiger partial charge on any atom is 0.418 e. The molecular formula is C25H24ClF3N2O2. The smallest absolute Gasteiger partial charge is 0.418 e. The summed E-state index contributed by atoms with van der Waals surface area (Å²) in [5.74, 6) is 0.657. The molecular weight excluding hydrogens is 453 g/mol. The average Bonchev–Trinajstić information content (AvgIpc) is 2.79. The zero-order valence-electron chi connectivity index (χ0n) is 18.0. The van der Waals surface area contributed by atoms with Crippen molar-refractivity contribution < 1.29 is 22.7 Å². The maximum atomic E-state index is 13.5. The lowest BCUT2D eigenvalue weighted by Crippen LogP contribution is -2.35. The van der Waals surface area contributed by atoms with E-state index in [0.717, 1.165) is 30.5 Å². The summed E-state index contributed by atoms with van der Waals surface area (Å²) in [6, 6.07) is 18.6. The van der Waals surface area contributed by atoms with E-state index in [1.54, 1.807) is 24.3 Å². The predicted molar refractivity (Wildman–Crippen MR) is 125 cm³/mol. The van der Waals surface area contributed by atoms with Gasteiger partial charge in [0.05, 0.1) is 24.4 Å². The number of carbonyl (C=O) groups is 1. The Bertz CT molecular complexity index is 1060. The molecule has 0 radical (unpaired) electrons. The van der Waals surface area contributed by atoms with E-state index in [4.69, 9.17) is 16.3 Å². The van der Waals surface area contributed by atoms with Crippen LogP contribution in [0.2, 0.25) is 5.02 Å². The van der Waals surface area contributed by atoms with E-state index in [0.29, 0.717) is 18.0 Å². The van der Waals surface area contributed by atoms with Gasteiger partial charge in [0.2, 0.25) is 0 Å². The number of ether oxygens (including phenoxy) is 1. The first-order valence-electron chi connectivity index (χ1n) is 10.5. The van der Waals surface area contributed by atoms with Gasteiger partial charge in [-0.25, -0.2) is 4.79 Å². The highest BCUT2D eigenvalue weighted by Crippen LogP contribution is 2.37. The third-order valence-electron chi connectivity index (χ3n) is 4.87. The minimum Gasteiger partial charge on any atom is -0.494 e. The number of benzene rings is 3. The Morgan fingerprint density at radius 1 is 1.03 bits per heavy atom. The number of nitrogens with zero attached hydrogens (tertiary/aromatic N) is 1. The normalized spacial score (nSPS) is 11.2. The van der Waals surface area contributed by atoms with E-state index in [-0.39, 0.29) is 17.3 Å². The van der Waals surface area contributed by atoms with Crippen molar-refractivity contribution in [3.63, 3.8) is 0 Å². The Morgan fingerprint density at radius 2 is 1.73 bits per heavy atom. The average molecular weight is 477 g/mol. The molecule has 0 unspecified atom stereocenters. The van der Waals surface area contributed by atoms with Crippen molar-refractivity contribution in [2.24, 2.45) is 0 Å². The fourth-order valence-electron chi connectivity index (χ4n) is 3.15.